The molecule has 1 aromatic rings. The first kappa shape index (κ1) is 16.6. The second kappa shape index (κ2) is 8.63. The van der Waals surface area contributed by atoms with Crippen molar-refractivity contribution in [1.29, 1.82) is 0 Å². The topological polar surface area (TPSA) is 93.1 Å². The Bertz CT molecular complexity index is 509. The highest BCUT2D eigenvalue weighted by Gasteiger charge is 2.13. The second-order valence-electron chi connectivity index (χ2n) is 4.27. The highest BCUT2D eigenvalue weighted by Crippen LogP contribution is 2.22. The lowest BCUT2D eigenvalue weighted by Crippen LogP contribution is -2.07. The van der Waals surface area contributed by atoms with E-state index < -0.39 is 11.9 Å². The smallest absolute Gasteiger partial charge is 0.342 e. The molecule has 2 N–H and O–H groups in total. The zero-order chi connectivity index (χ0) is 15.7. The number of ether oxygens (including phenoxy) is 2. The number of carbonyl (C=O) groups excluding carboxylic acids is 2. The molecule has 0 aromatic heterocycles. The lowest BCUT2D eigenvalue weighted by atomic mass is 10.2. The van der Waals surface area contributed by atoms with Crippen molar-refractivity contribution in [3.05, 3.63) is 36.4 Å². The molecule has 0 aliphatic rings. The van der Waals surface area contributed by atoms with E-state index in [1.54, 1.807) is 0 Å². The second-order valence-corrected chi connectivity index (χ2v) is 4.27. The van der Waals surface area contributed by atoms with Crippen LogP contribution in [0, 0.1) is 0 Å². The molecule has 114 valence electrons. The van der Waals surface area contributed by atoms with Crippen molar-refractivity contribution in [2.24, 2.45) is 0 Å². The number of unbranched alkanes of at least 4 members (excludes halogenated alkanes) is 2. The van der Waals surface area contributed by atoms with Gasteiger partial charge < -0.3 is 19.7 Å². The van der Waals surface area contributed by atoms with Gasteiger partial charge in [-0.05, 0) is 37.5 Å². The Morgan fingerprint density at radius 2 is 1.76 bits per heavy atom. The molecular weight excluding hydrogens is 276 g/mol. The van der Waals surface area contributed by atoms with Gasteiger partial charge in [0.1, 0.15) is 17.1 Å². The van der Waals surface area contributed by atoms with Gasteiger partial charge in [-0.2, -0.15) is 0 Å². The molecule has 0 fully saturated rings. The fourth-order valence-electron chi connectivity index (χ4n) is 1.54. The number of aromatic hydroxyl groups is 2. The lowest BCUT2D eigenvalue weighted by Gasteiger charge is -2.07. The van der Waals surface area contributed by atoms with E-state index in [9.17, 15) is 19.8 Å². The summed E-state index contributed by atoms with van der Waals surface area (Å²) >= 11 is 0. The number of hydrogen-bond donors (Lipinski definition) is 2. The van der Waals surface area contributed by atoms with Crippen molar-refractivity contribution in [2.45, 2.75) is 19.3 Å². The Labute approximate surface area is 122 Å². The van der Waals surface area contributed by atoms with E-state index in [1.807, 2.05) is 0 Å². The maximum absolute atomic E-state index is 11.7. The Morgan fingerprint density at radius 3 is 2.43 bits per heavy atom. The van der Waals surface area contributed by atoms with Crippen LogP contribution >= 0.6 is 0 Å². The molecule has 1 aromatic carbocycles. The summed E-state index contributed by atoms with van der Waals surface area (Å²) in [7, 11) is 0. The average Bonchev–Trinajstić information content (AvgIpc) is 2.48. The molecule has 6 nitrogen and oxygen atoms in total. The van der Waals surface area contributed by atoms with Crippen LogP contribution in [-0.2, 0) is 14.3 Å². The van der Waals surface area contributed by atoms with Crippen LogP contribution in [0.15, 0.2) is 30.9 Å². The summed E-state index contributed by atoms with van der Waals surface area (Å²) in [5.41, 5.74) is -0.0742. The maximum Gasteiger partial charge on any atom is 0.342 e. The largest absolute Gasteiger partial charge is 0.508 e. The summed E-state index contributed by atoms with van der Waals surface area (Å²) in [6.07, 6.45) is 3.10. The fourth-order valence-corrected chi connectivity index (χ4v) is 1.54. The minimum Gasteiger partial charge on any atom is -0.508 e. The molecule has 0 spiro atoms. The van der Waals surface area contributed by atoms with Crippen LogP contribution in [0.3, 0.4) is 0 Å². The molecule has 21 heavy (non-hydrogen) atoms. The lowest BCUT2D eigenvalue weighted by molar-refractivity contribution is -0.137. The number of carbonyl (C=O) groups is 2. The SMILES string of the molecule is C=CC(=O)OCCCCCOC(=O)c1cc(O)ccc1O. The number of hydrogen-bond acceptors (Lipinski definition) is 6. The van der Waals surface area contributed by atoms with Crippen LogP contribution < -0.4 is 0 Å². The Hall–Kier alpha value is -2.50. The Balaban J connectivity index is 2.21. The van der Waals surface area contributed by atoms with Gasteiger partial charge in [-0.3, -0.25) is 0 Å². The molecule has 0 heterocycles. The maximum atomic E-state index is 11.7. The number of benzene rings is 1. The standard InChI is InChI=1S/C15H18O6/c1-2-14(18)20-8-4-3-5-9-21-15(19)12-10-11(16)6-7-13(12)17/h2,6-7,10,16-17H,1,3-5,8-9H2. The first-order chi connectivity index (χ1) is 10.0. The van der Waals surface area contributed by atoms with Gasteiger partial charge in [0.05, 0.1) is 13.2 Å². The van der Waals surface area contributed by atoms with Crippen LogP contribution in [-0.4, -0.2) is 35.4 Å². The van der Waals surface area contributed by atoms with Gasteiger partial charge in [0.25, 0.3) is 0 Å². The predicted molar refractivity (Wildman–Crippen MR) is 75.1 cm³/mol. The summed E-state index contributed by atoms with van der Waals surface area (Å²) in [6, 6.07) is 3.64. The van der Waals surface area contributed by atoms with Gasteiger partial charge in [-0.25, -0.2) is 9.59 Å². The van der Waals surface area contributed by atoms with Crippen molar-refractivity contribution >= 4 is 11.9 Å². The first-order valence-electron chi connectivity index (χ1n) is 6.53. The van der Waals surface area contributed by atoms with Gasteiger partial charge in [0.2, 0.25) is 0 Å². The van der Waals surface area contributed by atoms with Crippen LogP contribution in [0.5, 0.6) is 11.5 Å². The van der Waals surface area contributed by atoms with Gasteiger partial charge in [-0.1, -0.05) is 6.58 Å². The molecule has 0 bridgehead atoms. The summed E-state index contributed by atoms with van der Waals surface area (Å²) < 4.78 is 9.77. The highest BCUT2D eigenvalue weighted by atomic mass is 16.5. The van der Waals surface area contributed by atoms with Gasteiger partial charge in [0, 0.05) is 6.08 Å². The number of esters is 2. The van der Waals surface area contributed by atoms with E-state index >= 15 is 0 Å². The molecule has 0 atom stereocenters. The van der Waals surface area contributed by atoms with Crippen LogP contribution in [0.1, 0.15) is 29.6 Å². The van der Waals surface area contributed by atoms with Crippen LogP contribution in [0.25, 0.3) is 0 Å². The molecule has 0 aliphatic carbocycles. The van der Waals surface area contributed by atoms with Crippen molar-refractivity contribution in [3.63, 3.8) is 0 Å². The molecule has 0 amide bonds. The van der Waals surface area contributed by atoms with Crippen molar-refractivity contribution in [2.75, 3.05) is 13.2 Å². The van der Waals surface area contributed by atoms with Gasteiger partial charge in [0.15, 0.2) is 0 Å². The first-order valence-corrected chi connectivity index (χ1v) is 6.53. The Morgan fingerprint density at radius 1 is 1.10 bits per heavy atom. The summed E-state index contributed by atoms with van der Waals surface area (Å²) in [6.45, 7) is 3.76. The van der Waals surface area contributed by atoms with Gasteiger partial charge >= 0.3 is 11.9 Å². The van der Waals surface area contributed by atoms with Crippen LogP contribution in [0.2, 0.25) is 0 Å². The molecule has 0 saturated heterocycles. The zero-order valence-electron chi connectivity index (χ0n) is 11.6. The monoisotopic (exact) mass is 294 g/mol. The number of rotatable bonds is 8. The van der Waals surface area contributed by atoms with E-state index in [0.29, 0.717) is 19.4 Å². The third-order valence-electron chi connectivity index (χ3n) is 2.63. The molecular formula is C15H18O6. The summed E-state index contributed by atoms with van der Waals surface area (Å²) in [5.74, 6) is -1.51. The third kappa shape index (κ3) is 5.99. The van der Waals surface area contributed by atoms with Crippen molar-refractivity contribution in [3.8, 4) is 11.5 Å². The normalized spacial score (nSPS) is 9.90. The van der Waals surface area contributed by atoms with Crippen molar-refractivity contribution in [1.82, 2.24) is 0 Å². The molecule has 0 aliphatic heterocycles. The minimum absolute atomic E-state index is 0.0742. The minimum atomic E-state index is -0.693. The highest BCUT2D eigenvalue weighted by molar-refractivity contribution is 5.92. The Kier molecular flexibility index (Phi) is 6.80. The van der Waals surface area contributed by atoms with Crippen LogP contribution in [0.4, 0.5) is 0 Å². The van der Waals surface area contributed by atoms with E-state index in [2.05, 4.69) is 6.58 Å². The summed E-state index contributed by atoms with van der Waals surface area (Å²) in [4.78, 5) is 22.4. The molecule has 0 saturated carbocycles. The predicted octanol–water partition coefficient (Wildman–Crippen LogP) is 2.15. The van der Waals surface area contributed by atoms with E-state index in [4.69, 9.17) is 9.47 Å². The molecule has 1 rings (SSSR count). The quantitative estimate of drug-likeness (QED) is 0.330. The molecule has 6 heteroatoms. The average molecular weight is 294 g/mol. The fraction of sp³-hybridized carbons (Fsp3) is 0.333. The van der Waals surface area contributed by atoms with E-state index in [-0.39, 0.29) is 23.7 Å². The van der Waals surface area contributed by atoms with E-state index in [1.165, 1.54) is 12.1 Å². The molecule has 0 radical (unpaired) electrons. The van der Waals surface area contributed by atoms with Crippen molar-refractivity contribution < 1.29 is 29.3 Å². The van der Waals surface area contributed by atoms with Gasteiger partial charge in [-0.15, -0.1) is 0 Å². The number of phenols is 2. The number of phenolic OH excluding ortho intramolecular Hbond substituents is 2. The molecule has 0 unspecified atom stereocenters. The summed E-state index contributed by atoms with van der Waals surface area (Å²) in [5, 5.41) is 18.7. The zero-order valence-corrected chi connectivity index (χ0v) is 11.6. The third-order valence-corrected chi connectivity index (χ3v) is 2.63. The van der Waals surface area contributed by atoms with E-state index in [0.717, 1.165) is 18.6 Å².